The first-order valence-electron chi connectivity index (χ1n) is 6.07. The largest absolute Gasteiger partial charge is 0.480 e. The summed E-state index contributed by atoms with van der Waals surface area (Å²) in [5, 5.41) is 9.20. The molecular formula is C12H22N2O3. The highest BCUT2D eigenvalue weighted by Crippen LogP contribution is 2.42. The highest BCUT2D eigenvalue weighted by atomic mass is 16.4. The van der Waals surface area contributed by atoms with Crippen LogP contribution in [-0.4, -0.2) is 40.5 Å². The number of hydrogen-bond acceptors (Lipinski definition) is 3. The second-order valence-corrected chi connectivity index (χ2v) is 5.25. The third-order valence-electron chi connectivity index (χ3n) is 3.91. The molecule has 0 bridgehead atoms. The van der Waals surface area contributed by atoms with Crippen molar-refractivity contribution in [1.82, 2.24) is 4.90 Å². The molecule has 0 aromatic heterocycles. The summed E-state index contributed by atoms with van der Waals surface area (Å²) in [5.41, 5.74) is 4.00. The Hall–Kier alpha value is -1.10. The van der Waals surface area contributed by atoms with Crippen LogP contribution in [0.3, 0.4) is 0 Å². The van der Waals surface area contributed by atoms with Gasteiger partial charge in [0.1, 0.15) is 5.54 Å². The molecule has 3 N–H and O–H groups in total. The SMILES string of the molecule is CCN(C(=O)C1(CN)CCC1)C(C)(C)C(=O)O. The predicted octanol–water partition coefficient (Wildman–Crippen LogP) is 0.827. The average Bonchev–Trinajstić information content (AvgIpc) is 2.17. The van der Waals surface area contributed by atoms with Crippen LogP contribution >= 0.6 is 0 Å². The summed E-state index contributed by atoms with van der Waals surface area (Å²) >= 11 is 0. The zero-order chi connectivity index (χ0) is 13.3. The first kappa shape index (κ1) is 14.0. The fourth-order valence-corrected chi connectivity index (χ4v) is 2.30. The van der Waals surface area contributed by atoms with Gasteiger partial charge in [0.2, 0.25) is 5.91 Å². The van der Waals surface area contributed by atoms with E-state index in [0.717, 1.165) is 19.3 Å². The number of carboxylic acids is 1. The zero-order valence-corrected chi connectivity index (χ0v) is 10.8. The van der Waals surface area contributed by atoms with Crippen molar-refractivity contribution in [1.29, 1.82) is 0 Å². The number of rotatable bonds is 5. The van der Waals surface area contributed by atoms with Crippen LogP contribution in [0.4, 0.5) is 0 Å². The fraction of sp³-hybridized carbons (Fsp3) is 0.833. The standard InChI is InChI=1S/C12H22N2O3/c1-4-14(11(2,3)10(16)17)9(15)12(8-13)6-5-7-12/h4-8,13H2,1-3H3,(H,16,17). The topological polar surface area (TPSA) is 83.6 Å². The Morgan fingerprint density at radius 3 is 2.18 bits per heavy atom. The number of nitrogens with zero attached hydrogens (tertiary/aromatic N) is 1. The molecule has 0 saturated heterocycles. The molecule has 0 aromatic carbocycles. The first-order chi connectivity index (χ1) is 7.81. The average molecular weight is 242 g/mol. The number of carbonyl (C=O) groups is 2. The van der Waals surface area contributed by atoms with Crippen LogP contribution in [-0.2, 0) is 9.59 Å². The molecule has 1 saturated carbocycles. The van der Waals surface area contributed by atoms with Gasteiger partial charge < -0.3 is 15.7 Å². The fourth-order valence-electron chi connectivity index (χ4n) is 2.30. The Balaban J connectivity index is 2.95. The summed E-state index contributed by atoms with van der Waals surface area (Å²) < 4.78 is 0. The molecule has 1 amide bonds. The molecule has 98 valence electrons. The molecule has 0 spiro atoms. The predicted molar refractivity (Wildman–Crippen MR) is 64.4 cm³/mol. The normalized spacial score (nSPS) is 18.4. The van der Waals surface area contributed by atoms with Crippen LogP contribution in [0.5, 0.6) is 0 Å². The lowest BCUT2D eigenvalue weighted by atomic mass is 9.67. The van der Waals surface area contributed by atoms with Gasteiger partial charge in [-0.05, 0) is 33.6 Å². The van der Waals surface area contributed by atoms with Gasteiger partial charge in [-0.15, -0.1) is 0 Å². The summed E-state index contributed by atoms with van der Waals surface area (Å²) in [5.74, 6) is -1.10. The number of carboxylic acid groups (broad SMARTS) is 1. The van der Waals surface area contributed by atoms with Crippen molar-refractivity contribution in [2.24, 2.45) is 11.1 Å². The van der Waals surface area contributed by atoms with E-state index in [0.29, 0.717) is 13.1 Å². The molecule has 0 atom stereocenters. The van der Waals surface area contributed by atoms with Crippen LogP contribution in [0, 0.1) is 5.41 Å². The third-order valence-corrected chi connectivity index (χ3v) is 3.91. The van der Waals surface area contributed by atoms with Crippen molar-refractivity contribution >= 4 is 11.9 Å². The Morgan fingerprint density at radius 2 is 1.94 bits per heavy atom. The van der Waals surface area contributed by atoms with Crippen molar-refractivity contribution in [3.05, 3.63) is 0 Å². The van der Waals surface area contributed by atoms with Gasteiger partial charge in [-0.2, -0.15) is 0 Å². The van der Waals surface area contributed by atoms with E-state index in [1.54, 1.807) is 20.8 Å². The van der Waals surface area contributed by atoms with E-state index in [-0.39, 0.29) is 5.91 Å². The molecule has 17 heavy (non-hydrogen) atoms. The first-order valence-corrected chi connectivity index (χ1v) is 6.07. The van der Waals surface area contributed by atoms with Crippen molar-refractivity contribution < 1.29 is 14.7 Å². The van der Waals surface area contributed by atoms with Crippen molar-refractivity contribution in [2.75, 3.05) is 13.1 Å². The minimum absolute atomic E-state index is 0.110. The summed E-state index contributed by atoms with van der Waals surface area (Å²) in [6.07, 6.45) is 2.54. The molecule has 5 nitrogen and oxygen atoms in total. The highest BCUT2D eigenvalue weighted by Gasteiger charge is 2.49. The van der Waals surface area contributed by atoms with Gasteiger partial charge in [-0.3, -0.25) is 4.79 Å². The summed E-state index contributed by atoms with van der Waals surface area (Å²) in [4.78, 5) is 25.1. The highest BCUT2D eigenvalue weighted by molar-refractivity contribution is 5.90. The number of likely N-dealkylation sites (N-methyl/N-ethyl adjacent to an activating group) is 1. The van der Waals surface area contributed by atoms with Crippen molar-refractivity contribution in [3.8, 4) is 0 Å². The van der Waals surface area contributed by atoms with Crippen LogP contribution in [0.2, 0.25) is 0 Å². The van der Waals surface area contributed by atoms with E-state index >= 15 is 0 Å². The molecule has 1 fully saturated rings. The van der Waals surface area contributed by atoms with Crippen molar-refractivity contribution in [3.63, 3.8) is 0 Å². The maximum atomic E-state index is 12.4. The van der Waals surface area contributed by atoms with E-state index in [1.807, 2.05) is 0 Å². The number of amides is 1. The molecule has 5 heteroatoms. The number of hydrogen-bond donors (Lipinski definition) is 2. The summed E-state index contributed by atoms with van der Waals surface area (Å²) in [6.45, 7) is 5.60. The third kappa shape index (κ3) is 2.16. The van der Waals surface area contributed by atoms with Crippen LogP contribution in [0.25, 0.3) is 0 Å². The number of carbonyl (C=O) groups excluding carboxylic acids is 1. The lowest BCUT2D eigenvalue weighted by Crippen LogP contribution is -2.60. The molecule has 0 aromatic rings. The lowest BCUT2D eigenvalue weighted by Gasteiger charge is -2.46. The smallest absolute Gasteiger partial charge is 0.329 e. The van der Waals surface area contributed by atoms with Crippen LogP contribution < -0.4 is 5.73 Å². The Morgan fingerprint density at radius 1 is 1.41 bits per heavy atom. The summed E-state index contributed by atoms with van der Waals surface area (Å²) in [6, 6.07) is 0. The van der Waals surface area contributed by atoms with Crippen LogP contribution in [0.1, 0.15) is 40.0 Å². The minimum Gasteiger partial charge on any atom is -0.480 e. The molecular weight excluding hydrogens is 220 g/mol. The Labute approximate surface area is 102 Å². The number of aliphatic carboxylic acids is 1. The van der Waals surface area contributed by atoms with Gasteiger partial charge in [-0.1, -0.05) is 6.42 Å². The van der Waals surface area contributed by atoms with Gasteiger partial charge in [0.05, 0.1) is 5.41 Å². The molecule has 1 aliphatic carbocycles. The van der Waals surface area contributed by atoms with E-state index < -0.39 is 16.9 Å². The maximum absolute atomic E-state index is 12.4. The monoisotopic (exact) mass is 242 g/mol. The van der Waals surface area contributed by atoms with Gasteiger partial charge in [0, 0.05) is 13.1 Å². The molecule has 0 aliphatic heterocycles. The minimum atomic E-state index is -1.18. The van der Waals surface area contributed by atoms with Crippen LogP contribution in [0.15, 0.2) is 0 Å². The Bertz CT molecular complexity index is 316. The van der Waals surface area contributed by atoms with Gasteiger partial charge >= 0.3 is 5.97 Å². The second-order valence-electron chi connectivity index (χ2n) is 5.25. The van der Waals surface area contributed by atoms with E-state index in [2.05, 4.69) is 0 Å². The lowest BCUT2D eigenvalue weighted by molar-refractivity contribution is -0.164. The van der Waals surface area contributed by atoms with E-state index in [9.17, 15) is 14.7 Å². The molecule has 0 unspecified atom stereocenters. The second kappa shape index (κ2) is 4.64. The molecule has 0 heterocycles. The zero-order valence-electron chi connectivity index (χ0n) is 10.8. The molecule has 1 rings (SSSR count). The van der Waals surface area contributed by atoms with Gasteiger partial charge in [0.15, 0.2) is 0 Å². The van der Waals surface area contributed by atoms with Crippen molar-refractivity contribution in [2.45, 2.75) is 45.6 Å². The Kier molecular flexibility index (Phi) is 3.81. The summed E-state index contributed by atoms with van der Waals surface area (Å²) in [7, 11) is 0. The maximum Gasteiger partial charge on any atom is 0.329 e. The quantitative estimate of drug-likeness (QED) is 0.748. The van der Waals surface area contributed by atoms with E-state index in [4.69, 9.17) is 5.73 Å². The van der Waals surface area contributed by atoms with Gasteiger partial charge in [0.25, 0.3) is 0 Å². The molecule has 1 aliphatic rings. The van der Waals surface area contributed by atoms with Gasteiger partial charge in [-0.25, -0.2) is 4.79 Å². The number of nitrogens with two attached hydrogens (primary N) is 1. The molecule has 0 radical (unpaired) electrons. The van der Waals surface area contributed by atoms with E-state index in [1.165, 1.54) is 4.90 Å².